The molecule has 1 heterocycles. The third-order valence-electron chi connectivity index (χ3n) is 2.91. The maximum Gasteiger partial charge on any atom is 0.257 e. The summed E-state index contributed by atoms with van der Waals surface area (Å²) in [6.45, 7) is 3.90. The van der Waals surface area contributed by atoms with Crippen LogP contribution in [0.25, 0.3) is 0 Å². The number of benzene rings is 1. The average molecular weight is 335 g/mol. The van der Waals surface area contributed by atoms with Gasteiger partial charge in [0.25, 0.3) is 5.91 Å². The van der Waals surface area contributed by atoms with E-state index in [9.17, 15) is 4.79 Å². The first kappa shape index (κ1) is 14.5. The molecular weight excluding hydrogens is 320 g/mol. The molecule has 2 aromatic rings. The lowest BCUT2D eigenvalue weighted by Crippen LogP contribution is -2.15. The quantitative estimate of drug-likeness (QED) is 0.595. The third kappa shape index (κ3) is 3.15. The van der Waals surface area contributed by atoms with Crippen molar-refractivity contribution in [1.82, 2.24) is 4.98 Å². The molecule has 0 spiro atoms. The van der Waals surface area contributed by atoms with Crippen LogP contribution in [0.3, 0.4) is 0 Å². The third-order valence-corrected chi connectivity index (χ3v) is 3.37. The van der Waals surface area contributed by atoms with Gasteiger partial charge in [0.2, 0.25) is 0 Å². The molecule has 0 atom stereocenters. The van der Waals surface area contributed by atoms with Gasteiger partial charge in [-0.25, -0.2) is 10.8 Å². The molecule has 1 aromatic heterocycles. The second-order valence-corrected chi connectivity index (χ2v) is 5.36. The van der Waals surface area contributed by atoms with Crippen molar-refractivity contribution in [3.05, 3.63) is 51.6 Å². The Balaban J connectivity index is 2.23. The SMILES string of the molecule is Cc1cc(Br)cc(C)c1NC(=O)c1ccc(NN)nc1. The number of nitrogens with one attached hydrogen (secondary N) is 2. The highest BCUT2D eigenvalue weighted by molar-refractivity contribution is 9.10. The number of anilines is 2. The van der Waals surface area contributed by atoms with Crippen LogP contribution in [0.15, 0.2) is 34.9 Å². The topological polar surface area (TPSA) is 80.0 Å². The van der Waals surface area contributed by atoms with E-state index in [-0.39, 0.29) is 5.91 Å². The first-order chi connectivity index (χ1) is 9.51. The fourth-order valence-electron chi connectivity index (χ4n) is 1.91. The van der Waals surface area contributed by atoms with Crippen molar-refractivity contribution in [2.45, 2.75) is 13.8 Å². The van der Waals surface area contributed by atoms with Gasteiger partial charge in [0.1, 0.15) is 5.82 Å². The molecule has 0 saturated heterocycles. The molecule has 0 radical (unpaired) electrons. The summed E-state index contributed by atoms with van der Waals surface area (Å²) < 4.78 is 0.991. The Morgan fingerprint density at radius 1 is 1.25 bits per heavy atom. The van der Waals surface area contributed by atoms with Crippen molar-refractivity contribution in [3.8, 4) is 0 Å². The number of halogens is 1. The number of pyridine rings is 1. The van der Waals surface area contributed by atoms with Gasteiger partial charge in [-0.2, -0.15) is 0 Å². The largest absolute Gasteiger partial charge is 0.321 e. The summed E-state index contributed by atoms with van der Waals surface area (Å²) in [7, 11) is 0. The second-order valence-electron chi connectivity index (χ2n) is 4.45. The Hall–Kier alpha value is -1.92. The maximum atomic E-state index is 12.2. The second kappa shape index (κ2) is 6.02. The first-order valence-corrected chi connectivity index (χ1v) is 6.81. The van der Waals surface area contributed by atoms with Gasteiger partial charge in [0.05, 0.1) is 5.56 Å². The zero-order valence-electron chi connectivity index (χ0n) is 11.2. The summed E-state index contributed by atoms with van der Waals surface area (Å²) in [5, 5.41) is 2.91. The van der Waals surface area contributed by atoms with E-state index in [0.717, 1.165) is 21.3 Å². The lowest BCUT2D eigenvalue weighted by atomic mass is 10.1. The monoisotopic (exact) mass is 334 g/mol. The van der Waals surface area contributed by atoms with Gasteiger partial charge in [-0.1, -0.05) is 15.9 Å². The number of amides is 1. The smallest absolute Gasteiger partial charge is 0.257 e. The van der Waals surface area contributed by atoms with Gasteiger partial charge in [-0.05, 0) is 49.2 Å². The minimum atomic E-state index is -0.199. The number of carbonyl (C=O) groups excluding carboxylic acids is 1. The Bertz CT molecular complexity index is 617. The molecule has 20 heavy (non-hydrogen) atoms. The number of aromatic nitrogens is 1. The number of rotatable bonds is 3. The highest BCUT2D eigenvalue weighted by atomic mass is 79.9. The molecule has 2 rings (SSSR count). The standard InChI is InChI=1S/C14H15BrN4O/c1-8-5-11(15)6-9(2)13(8)18-14(20)10-3-4-12(19-16)17-7-10/h3-7H,16H2,1-2H3,(H,17,19)(H,18,20). The molecule has 1 amide bonds. The van der Waals surface area contributed by atoms with E-state index in [0.29, 0.717) is 11.4 Å². The summed E-state index contributed by atoms with van der Waals surface area (Å²) >= 11 is 3.43. The Labute approximate surface area is 125 Å². The highest BCUT2D eigenvalue weighted by Crippen LogP contribution is 2.25. The minimum absolute atomic E-state index is 0.199. The summed E-state index contributed by atoms with van der Waals surface area (Å²) in [6.07, 6.45) is 1.48. The van der Waals surface area contributed by atoms with Crippen molar-refractivity contribution in [2.75, 3.05) is 10.7 Å². The molecule has 1 aromatic carbocycles. The van der Waals surface area contributed by atoms with Crippen molar-refractivity contribution in [3.63, 3.8) is 0 Å². The van der Waals surface area contributed by atoms with Crippen LogP contribution in [0.4, 0.5) is 11.5 Å². The van der Waals surface area contributed by atoms with Gasteiger partial charge in [0, 0.05) is 16.4 Å². The normalized spacial score (nSPS) is 10.2. The zero-order valence-corrected chi connectivity index (χ0v) is 12.8. The molecule has 0 fully saturated rings. The summed E-state index contributed by atoms with van der Waals surface area (Å²) in [5.41, 5.74) is 5.71. The van der Waals surface area contributed by atoms with Crippen molar-refractivity contribution in [2.24, 2.45) is 5.84 Å². The minimum Gasteiger partial charge on any atom is -0.321 e. The van der Waals surface area contributed by atoms with Crippen molar-refractivity contribution in [1.29, 1.82) is 0 Å². The van der Waals surface area contributed by atoms with Gasteiger partial charge in [0.15, 0.2) is 0 Å². The van der Waals surface area contributed by atoms with Crippen LogP contribution in [0.5, 0.6) is 0 Å². The number of nitrogen functional groups attached to an aromatic ring is 1. The summed E-state index contributed by atoms with van der Waals surface area (Å²) in [5.74, 6) is 5.55. The molecule has 0 bridgehead atoms. The fourth-order valence-corrected chi connectivity index (χ4v) is 2.59. The maximum absolute atomic E-state index is 12.2. The Morgan fingerprint density at radius 3 is 2.40 bits per heavy atom. The summed E-state index contributed by atoms with van der Waals surface area (Å²) in [4.78, 5) is 16.2. The number of carbonyl (C=O) groups is 1. The van der Waals surface area contributed by atoms with Crippen LogP contribution in [0.2, 0.25) is 0 Å². The van der Waals surface area contributed by atoms with Crippen molar-refractivity contribution < 1.29 is 4.79 Å². The summed E-state index contributed by atoms with van der Waals surface area (Å²) in [6, 6.07) is 7.24. The zero-order chi connectivity index (χ0) is 14.7. The molecule has 0 aliphatic rings. The lowest BCUT2D eigenvalue weighted by molar-refractivity contribution is 0.102. The molecule has 0 aliphatic carbocycles. The number of hydrogen-bond acceptors (Lipinski definition) is 4. The van der Waals surface area contributed by atoms with Gasteiger partial charge in [-0.15, -0.1) is 0 Å². The molecule has 0 unspecified atom stereocenters. The van der Waals surface area contributed by atoms with E-state index in [1.54, 1.807) is 12.1 Å². The number of aryl methyl sites for hydroxylation is 2. The van der Waals surface area contributed by atoms with E-state index in [2.05, 4.69) is 31.7 Å². The van der Waals surface area contributed by atoms with E-state index >= 15 is 0 Å². The van der Waals surface area contributed by atoms with E-state index in [1.165, 1.54) is 6.20 Å². The van der Waals surface area contributed by atoms with E-state index < -0.39 is 0 Å². The van der Waals surface area contributed by atoms with Crippen LogP contribution in [0, 0.1) is 13.8 Å². The fraction of sp³-hybridized carbons (Fsp3) is 0.143. The highest BCUT2D eigenvalue weighted by Gasteiger charge is 2.11. The lowest BCUT2D eigenvalue weighted by Gasteiger charge is -2.12. The first-order valence-electron chi connectivity index (χ1n) is 6.02. The number of nitrogens with two attached hydrogens (primary N) is 1. The van der Waals surface area contributed by atoms with Gasteiger partial charge in [-0.3, -0.25) is 4.79 Å². The predicted molar refractivity (Wildman–Crippen MR) is 83.6 cm³/mol. The molecule has 0 saturated carbocycles. The number of nitrogens with zero attached hydrogens (tertiary/aromatic N) is 1. The molecule has 4 N–H and O–H groups in total. The van der Waals surface area contributed by atoms with E-state index in [1.807, 2.05) is 26.0 Å². The van der Waals surface area contributed by atoms with Crippen LogP contribution < -0.4 is 16.6 Å². The van der Waals surface area contributed by atoms with Crippen molar-refractivity contribution >= 4 is 33.3 Å². The Kier molecular flexibility index (Phi) is 4.36. The Morgan fingerprint density at radius 2 is 1.90 bits per heavy atom. The van der Waals surface area contributed by atoms with Crippen LogP contribution in [0.1, 0.15) is 21.5 Å². The number of hydrogen-bond donors (Lipinski definition) is 3. The molecule has 6 heteroatoms. The van der Waals surface area contributed by atoms with Crippen LogP contribution in [-0.4, -0.2) is 10.9 Å². The van der Waals surface area contributed by atoms with E-state index in [4.69, 9.17) is 5.84 Å². The van der Waals surface area contributed by atoms with Gasteiger partial charge < -0.3 is 10.7 Å². The molecular formula is C14H15BrN4O. The van der Waals surface area contributed by atoms with Crippen LogP contribution in [-0.2, 0) is 0 Å². The number of hydrazine groups is 1. The van der Waals surface area contributed by atoms with Gasteiger partial charge >= 0.3 is 0 Å². The molecule has 0 aliphatic heterocycles. The molecule has 104 valence electrons. The predicted octanol–water partition coefficient (Wildman–Crippen LogP) is 3.00. The van der Waals surface area contributed by atoms with Crippen LogP contribution >= 0.6 is 15.9 Å². The molecule has 5 nitrogen and oxygen atoms in total. The average Bonchev–Trinajstić information content (AvgIpc) is 2.42.